The van der Waals surface area contributed by atoms with Gasteiger partial charge in [0.25, 0.3) is 0 Å². The minimum atomic E-state index is -4.96. The molecule has 0 amide bonds. The average Bonchev–Trinajstić information content (AvgIpc) is 0.910. The first-order valence-corrected chi connectivity index (χ1v) is 46.0. The smallest absolute Gasteiger partial charge is 0.462 e. The van der Waals surface area contributed by atoms with Crippen LogP contribution in [0.5, 0.6) is 0 Å². The third kappa shape index (κ3) is 76.3. The first-order valence-electron chi connectivity index (χ1n) is 43.0. The lowest BCUT2D eigenvalue weighted by atomic mass is 10.0. The number of hydrogen-bond donors (Lipinski definition) is 3. The number of esters is 4. The third-order valence-corrected chi connectivity index (χ3v) is 21.4. The minimum Gasteiger partial charge on any atom is -0.462 e. The zero-order valence-electron chi connectivity index (χ0n) is 66.9. The molecule has 17 nitrogen and oxygen atoms in total. The Morgan fingerprint density at radius 1 is 0.265 bits per heavy atom. The molecule has 0 saturated carbocycles. The van der Waals surface area contributed by atoms with E-state index < -0.39 is 97.5 Å². The van der Waals surface area contributed by atoms with Crippen molar-refractivity contribution < 1.29 is 80.2 Å². The highest BCUT2D eigenvalue weighted by Crippen LogP contribution is 2.45. The molecule has 5 atom stereocenters. The molecule has 0 aromatic rings. The van der Waals surface area contributed by atoms with Crippen LogP contribution in [0, 0.1) is 11.8 Å². The Morgan fingerprint density at radius 3 is 0.667 bits per heavy atom. The van der Waals surface area contributed by atoms with Crippen molar-refractivity contribution in [1.29, 1.82) is 0 Å². The Morgan fingerprint density at radius 2 is 0.451 bits per heavy atom. The van der Waals surface area contributed by atoms with Crippen molar-refractivity contribution in [2.45, 2.75) is 458 Å². The van der Waals surface area contributed by atoms with Gasteiger partial charge in [0.15, 0.2) is 12.2 Å². The van der Waals surface area contributed by atoms with Crippen LogP contribution in [-0.2, 0) is 65.4 Å². The summed E-state index contributed by atoms with van der Waals surface area (Å²) in [5.41, 5.74) is 0. The molecule has 0 aromatic heterocycles. The molecule has 2 unspecified atom stereocenters. The van der Waals surface area contributed by atoms with Crippen molar-refractivity contribution in [2.75, 3.05) is 39.6 Å². The van der Waals surface area contributed by atoms with Crippen LogP contribution >= 0.6 is 15.6 Å². The fraction of sp³-hybridized carbons (Fsp3) is 0.952. The van der Waals surface area contributed by atoms with E-state index in [0.717, 1.165) is 102 Å². The SMILES string of the molecule is CCCCCCCCCCCCCCCCCCCCC(=O)OC[C@H](COP(=O)(O)OC[C@@H](O)COP(=O)(O)OC[C@@H](COC(=O)CCCCCCCCCCC(C)C)OC(=O)CCCCCCCCCCCCCCCC)OC(=O)CCCCCCCCCCCCCCCCCCC(C)C. The van der Waals surface area contributed by atoms with Crippen LogP contribution in [0.25, 0.3) is 0 Å². The van der Waals surface area contributed by atoms with Gasteiger partial charge < -0.3 is 33.8 Å². The largest absolute Gasteiger partial charge is 0.472 e. The second kappa shape index (κ2) is 74.5. The van der Waals surface area contributed by atoms with Crippen LogP contribution in [0.1, 0.15) is 440 Å². The Labute approximate surface area is 626 Å². The molecule has 19 heteroatoms. The number of carbonyl (C=O) groups excluding carboxylic acids is 4. The van der Waals surface area contributed by atoms with Crippen molar-refractivity contribution in [2.24, 2.45) is 11.8 Å². The summed E-state index contributed by atoms with van der Waals surface area (Å²) >= 11 is 0. The number of carbonyl (C=O) groups is 4. The Kier molecular flexibility index (Phi) is 73.1. The first-order chi connectivity index (χ1) is 49.4. The summed E-state index contributed by atoms with van der Waals surface area (Å²) < 4.78 is 68.8. The molecular weight excluding hydrogens is 1330 g/mol. The van der Waals surface area contributed by atoms with E-state index in [0.29, 0.717) is 25.7 Å². The van der Waals surface area contributed by atoms with Gasteiger partial charge in [-0.2, -0.15) is 0 Å². The quantitative estimate of drug-likeness (QED) is 0.0222. The number of aliphatic hydroxyl groups excluding tert-OH is 1. The van der Waals surface area contributed by atoms with Gasteiger partial charge in [-0.3, -0.25) is 37.3 Å². The fourth-order valence-corrected chi connectivity index (χ4v) is 14.5. The van der Waals surface area contributed by atoms with Crippen molar-refractivity contribution in [3.05, 3.63) is 0 Å². The van der Waals surface area contributed by atoms with Gasteiger partial charge in [0.05, 0.1) is 26.4 Å². The van der Waals surface area contributed by atoms with E-state index >= 15 is 0 Å². The second-order valence-electron chi connectivity index (χ2n) is 30.8. The molecule has 0 heterocycles. The lowest BCUT2D eigenvalue weighted by Gasteiger charge is -2.21. The van der Waals surface area contributed by atoms with Crippen LogP contribution < -0.4 is 0 Å². The van der Waals surface area contributed by atoms with Gasteiger partial charge in [-0.25, -0.2) is 9.13 Å². The molecule has 0 bridgehead atoms. The molecule has 606 valence electrons. The summed E-state index contributed by atoms with van der Waals surface area (Å²) in [5, 5.41) is 10.7. The van der Waals surface area contributed by atoms with Crippen LogP contribution in [0.3, 0.4) is 0 Å². The Bertz CT molecular complexity index is 1960. The maximum absolute atomic E-state index is 13.1. The average molecular weight is 1490 g/mol. The molecular formula is C83H162O17P2. The van der Waals surface area contributed by atoms with Crippen LogP contribution in [0.4, 0.5) is 0 Å². The lowest BCUT2D eigenvalue weighted by Crippen LogP contribution is -2.30. The molecule has 0 fully saturated rings. The lowest BCUT2D eigenvalue weighted by molar-refractivity contribution is -0.161. The number of unbranched alkanes of at least 4 members (excludes halogenated alkanes) is 52. The van der Waals surface area contributed by atoms with E-state index in [1.165, 1.54) is 257 Å². The number of hydrogen-bond acceptors (Lipinski definition) is 15. The number of phosphoric ester groups is 2. The van der Waals surface area contributed by atoms with Gasteiger partial charge in [0.2, 0.25) is 0 Å². The minimum absolute atomic E-state index is 0.108. The molecule has 0 aliphatic rings. The monoisotopic (exact) mass is 1490 g/mol. The van der Waals surface area contributed by atoms with Crippen LogP contribution in [-0.4, -0.2) is 96.7 Å². The maximum atomic E-state index is 13.1. The third-order valence-electron chi connectivity index (χ3n) is 19.5. The van der Waals surface area contributed by atoms with Gasteiger partial charge in [-0.1, -0.05) is 388 Å². The predicted octanol–water partition coefficient (Wildman–Crippen LogP) is 25.1. The Balaban J connectivity index is 5.24. The molecule has 0 spiro atoms. The topological polar surface area (TPSA) is 237 Å². The van der Waals surface area contributed by atoms with Gasteiger partial charge in [0.1, 0.15) is 19.3 Å². The van der Waals surface area contributed by atoms with Gasteiger partial charge in [-0.05, 0) is 37.5 Å². The highest BCUT2D eigenvalue weighted by Gasteiger charge is 2.30. The summed E-state index contributed by atoms with van der Waals surface area (Å²) in [6.45, 7) is 9.65. The Hall–Kier alpha value is -1.94. The molecule has 0 aliphatic carbocycles. The highest BCUT2D eigenvalue weighted by molar-refractivity contribution is 7.47. The van der Waals surface area contributed by atoms with Crippen molar-refractivity contribution in [1.82, 2.24) is 0 Å². The van der Waals surface area contributed by atoms with E-state index in [1.54, 1.807) is 0 Å². The molecule has 3 N–H and O–H groups in total. The zero-order valence-corrected chi connectivity index (χ0v) is 68.7. The number of rotatable bonds is 82. The second-order valence-corrected chi connectivity index (χ2v) is 33.7. The van der Waals surface area contributed by atoms with E-state index in [4.69, 9.17) is 37.0 Å². The highest BCUT2D eigenvalue weighted by atomic mass is 31.2. The van der Waals surface area contributed by atoms with Gasteiger partial charge in [0, 0.05) is 25.7 Å². The van der Waals surface area contributed by atoms with E-state index in [9.17, 15) is 43.2 Å². The summed E-state index contributed by atoms with van der Waals surface area (Å²) in [7, 11) is -9.92. The molecule has 0 rings (SSSR count). The standard InChI is InChI=1S/C83H162O17P2/c1-7-9-11-13-15-17-19-21-23-24-25-29-33-36-40-47-53-59-65-80(85)93-71-78(99-83(88)68-62-56-50-42-38-34-30-27-26-28-31-35-39-45-51-57-63-75(3)4)73-97-101(89,90)95-69-77(84)70-96-102(91,92)98-74-79(72-94-81(86)66-60-54-48-44-43-46-52-58-64-76(5)6)100-82(87)67-61-55-49-41-37-32-22-20-18-16-14-12-10-8-2/h75-79,84H,7-74H2,1-6H3,(H,89,90)(H,91,92)/t77-,78-,79-/m1/s1. The zero-order chi connectivity index (χ0) is 74.9. The van der Waals surface area contributed by atoms with Crippen molar-refractivity contribution in [3.63, 3.8) is 0 Å². The first kappa shape index (κ1) is 100. The van der Waals surface area contributed by atoms with Crippen LogP contribution in [0.2, 0.25) is 0 Å². The number of phosphoric acid groups is 2. The summed E-state index contributed by atoms with van der Waals surface area (Å²) in [6, 6.07) is 0. The van der Waals surface area contributed by atoms with Gasteiger partial charge >= 0.3 is 39.5 Å². The molecule has 0 aliphatic heterocycles. The van der Waals surface area contributed by atoms with Gasteiger partial charge in [-0.15, -0.1) is 0 Å². The molecule has 0 aromatic carbocycles. The molecule has 102 heavy (non-hydrogen) atoms. The van der Waals surface area contributed by atoms with E-state index in [1.807, 2.05) is 0 Å². The molecule has 0 saturated heterocycles. The summed E-state index contributed by atoms with van der Waals surface area (Å²) in [6.07, 6.45) is 65.2. The van der Waals surface area contributed by atoms with Crippen LogP contribution in [0.15, 0.2) is 0 Å². The fourth-order valence-electron chi connectivity index (χ4n) is 12.9. The molecule has 0 radical (unpaired) electrons. The van der Waals surface area contributed by atoms with Crippen molar-refractivity contribution in [3.8, 4) is 0 Å². The van der Waals surface area contributed by atoms with Crippen molar-refractivity contribution >= 4 is 39.5 Å². The predicted molar refractivity (Wildman–Crippen MR) is 418 cm³/mol. The maximum Gasteiger partial charge on any atom is 0.472 e. The summed E-state index contributed by atoms with van der Waals surface area (Å²) in [4.78, 5) is 73.1. The normalized spacial score (nSPS) is 13.9. The summed E-state index contributed by atoms with van der Waals surface area (Å²) in [5.74, 6) is -0.569. The van der Waals surface area contributed by atoms with E-state index in [-0.39, 0.29) is 25.7 Å². The van der Waals surface area contributed by atoms with E-state index in [2.05, 4.69) is 41.5 Å². The number of ether oxygens (including phenoxy) is 4. The number of aliphatic hydroxyl groups is 1.